The molecule has 0 aliphatic carbocycles. The topological polar surface area (TPSA) is 106 Å². The Hall–Kier alpha value is -4.23. The summed E-state index contributed by atoms with van der Waals surface area (Å²) >= 11 is 0. The van der Waals surface area contributed by atoms with Crippen molar-refractivity contribution in [2.75, 3.05) is 42.9 Å². The summed E-state index contributed by atoms with van der Waals surface area (Å²) in [4.78, 5) is 20.5. The number of anilines is 3. The molecular formula is C25H25FN8O. The van der Waals surface area contributed by atoms with E-state index >= 15 is 0 Å². The molecule has 0 bridgehead atoms. The van der Waals surface area contributed by atoms with Crippen molar-refractivity contribution in [1.29, 1.82) is 5.26 Å². The number of hydrogen-bond donors (Lipinski definition) is 2. The number of aromatic nitrogens is 4. The average molecular weight is 473 g/mol. The molecule has 1 aliphatic heterocycles. The molecule has 1 aromatic carbocycles. The van der Waals surface area contributed by atoms with Crippen LogP contribution in [0.1, 0.15) is 18.2 Å². The molecule has 0 unspecified atom stereocenters. The number of pyridine rings is 1. The fourth-order valence-electron chi connectivity index (χ4n) is 4.20. The number of ether oxygens (including phenoxy) is 1. The van der Waals surface area contributed by atoms with Gasteiger partial charge in [0.05, 0.1) is 11.9 Å². The lowest BCUT2D eigenvalue weighted by Crippen LogP contribution is -2.46. The summed E-state index contributed by atoms with van der Waals surface area (Å²) in [7, 11) is 0. The first kappa shape index (κ1) is 22.6. The van der Waals surface area contributed by atoms with Crippen LogP contribution >= 0.6 is 0 Å². The van der Waals surface area contributed by atoms with E-state index in [1.165, 1.54) is 12.4 Å². The van der Waals surface area contributed by atoms with Crippen LogP contribution in [0.25, 0.3) is 10.9 Å². The molecule has 3 aromatic heterocycles. The zero-order valence-electron chi connectivity index (χ0n) is 19.5. The third-order valence-electron chi connectivity index (χ3n) is 6.15. The number of nitrogens with one attached hydrogen (secondary N) is 2. The Morgan fingerprint density at radius 1 is 1.14 bits per heavy atom. The van der Waals surface area contributed by atoms with E-state index in [1.54, 1.807) is 18.3 Å². The minimum atomic E-state index is -0.527. The standard InChI is InChI=1S/C25H25FN8O/c1-3-33-8-10-34(11-9-33)17-4-7-22(28-14-17)32-24-19(13-27)25(30-15-29-24)35-21-6-5-20-18(23(21)26)12-16(2)31-20/h4-7,12,14-15,31H,3,8-11H2,1-2H3,(H,28,29,30,32). The lowest BCUT2D eigenvalue weighted by Gasteiger charge is -2.35. The number of aryl methyl sites for hydroxylation is 1. The van der Waals surface area contributed by atoms with Crippen molar-refractivity contribution in [1.82, 2.24) is 24.8 Å². The number of rotatable bonds is 6. The number of nitriles is 1. The van der Waals surface area contributed by atoms with Gasteiger partial charge in [-0.25, -0.2) is 19.3 Å². The van der Waals surface area contributed by atoms with Gasteiger partial charge in [-0.2, -0.15) is 5.26 Å². The molecule has 0 radical (unpaired) electrons. The molecule has 0 spiro atoms. The summed E-state index contributed by atoms with van der Waals surface area (Å²) in [5, 5.41) is 13.2. The van der Waals surface area contributed by atoms with Crippen molar-refractivity contribution >= 4 is 28.2 Å². The van der Waals surface area contributed by atoms with Gasteiger partial charge in [0.1, 0.15) is 18.2 Å². The van der Waals surface area contributed by atoms with Crippen LogP contribution in [-0.2, 0) is 0 Å². The second-order valence-electron chi connectivity index (χ2n) is 8.36. The van der Waals surface area contributed by atoms with Gasteiger partial charge >= 0.3 is 0 Å². The minimum Gasteiger partial charge on any atom is -0.434 e. The third kappa shape index (κ3) is 4.58. The van der Waals surface area contributed by atoms with Crippen LogP contribution < -0.4 is 15.0 Å². The molecular weight excluding hydrogens is 447 g/mol. The van der Waals surface area contributed by atoms with Crippen molar-refractivity contribution in [3.05, 3.63) is 59.9 Å². The molecule has 10 heteroatoms. The number of H-pyrrole nitrogens is 1. The molecule has 9 nitrogen and oxygen atoms in total. The molecule has 0 atom stereocenters. The van der Waals surface area contributed by atoms with E-state index in [2.05, 4.69) is 48.0 Å². The molecule has 1 aliphatic rings. The Balaban J connectivity index is 1.34. The van der Waals surface area contributed by atoms with Crippen molar-refractivity contribution in [2.24, 2.45) is 0 Å². The third-order valence-corrected chi connectivity index (χ3v) is 6.15. The molecule has 1 saturated heterocycles. The maximum Gasteiger partial charge on any atom is 0.242 e. The molecule has 178 valence electrons. The Morgan fingerprint density at radius 3 is 2.69 bits per heavy atom. The summed E-state index contributed by atoms with van der Waals surface area (Å²) in [6.45, 7) is 9.06. The van der Waals surface area contributed by atoms with Crippen LogP contribution in [0.5, 0.6) is 11.6 Å². The van der Waals surface area contributed by atoms with Crippen molar-refractivity contribution < 1.29 is 9.13 Å². The van der Waals surface area contributed by atoms with Gasteiger partial charge in [-0.15, -0.1) is 0 Å². The summed E-state index contributed by atoms with van der Waals surface area (Å²) in [5.41, 5.74) is 2.60. The average Bonchev–Trinajstić information content (AvgIpc) is 3.28. The largest absolute Gasteiger partial charge is 0.434 e. The van der Waals surface area contributed by atoms with E-state index < -0.39 is 5.82 Å². The Morgan fingerprint density at radius 2 is 1.97 bits per heavy atom. The summed E-state index contributed by atoms with van der Waals surface area (Å²) in [5.74, 6) is 0.163. The highest BCUT2D eigenvalue weighted by molar-refractivity contribution is 5.83. The van der Waals surface area contributed by atoms with Crippen LogP contribution in [0.3, 0.4) is 0 Å². The van der Waals surface area contributed by atoms with Crippen molar-refractivity contribution in [2.45, 2.75) is 13.8 Å². The Bertz CT molecular complexity index is 1390. The fraction of sp³-hybridized carbons (Fsp3) is 0.280. The van der Waals surface area contributed by atoms with Crippen molar-refractivity contribution in [3.63, 3.8) is 0 Å². The molecule has 4 aromatic rings. The number of aromatic amines is 1. The fourth-order valence-corrected chi connectivity index (χ4v) is 4.20. The van der Waals surface area contributed by atoms with Gasteiger partial charge in [0.25, 0.3) is 0 Å². The van der Waals surface area contributed by atoms with Crippen LogP contribution in [0.2, 0.25) is 0 Å². The zero-order valence-corrected chi connectivity index (χ0v) is 19.5. The monoisotopic (exact) mass is 472 g/mol. The first-order valence-corrected chi connectivity index (χ1v) is 11.5. The van der Waals surface area contributed by atoms with Gasteiger partial charge in [-0.3, -0.25) is 0 Å². The molecule has 4 heterocycles. The van der Waals surface area contributed by atoms with Crippen molar-refractivity contribution in [3.8, 4) is 17.7 Å². The number of fused-ring (bicyclic) bond motifs is 1. The molecule has 0 amide bonds. The van der Waals surface area contributed by atoms with E-state index in [4.69, 9.17) is 4.74 Å². The quantitative estimate of drug-likeness (QED) is 0.427. The summed E-state index contributed by atoms with van der Waals surface area (Å²) in [6.07, 6.45) is 3.06. The molecule has 35 heavy (non-hydrogen) atoms. The smallest absolute Gasteiger partial charge is 0.242 e. The second-order valence-corrected chi connectivity index (χ2v) is 8.36. The Labute approximate surface area is 202 Å². The predicted molar refractivity (Wildman–Crippen MR) is 132 cm³/mol. The van der Waals surface area contributed by atoms with Crippen LogP contribution in [-0.4, -0.2) is 57.6 Å². The first-order valence-electron chi connectivity index (χ1n) is 11.5. The van der Waals surface area contributed by atoms with Gasteiger partial charge in [0.2, 0.25) is 5.88 Å². The molecule has 2 N–H and O–H groups in total. The van der Waals surface area contributed by atoms with Gasteiger partial charge in [-0.1, -0.05) is 6.92 Å². The van der Waals surface area contributed by atoms with E-state index in [9.17, 15) is 9.65 Å². The van der Waals surface area contributed by atoms with Crippen LogP contribution in [0.15, 0.2) is 42.9 Å². The molecule has 1 fully saturated rings. The van der Waals surface area contributed by atoms with Gasteiger partial charge < -0.3 is 24.8 Å². The summed E-state index contributed by atoms with van der Waals surface area (Å²) < 4.78 is 20.7. The first-order chi connectivity index (χ1) is 17.1. The van der Waals surface area contributed by atoms with Gasteiger partial charge in [-0.05, 0) is 43.8 Å². The number of hydrogen-bond acceptors (Lipinski definition) is 8. The van der Waals surface area contributed by atoms with Gasteiger partial charge in [0, 0.05) is 42.8 Å². The maximum absolute atomic E-state index is 15.0. The number of likely N-dealkylation sites (N-methyl/N-ethyl adjacent to an activating group) is 1. The normalized spacial score (nSPS) is 14.2. The Kier molecular flexibility index (Phi) is 6.16. The van der Waals surface area contributed by atoms with E-state index in [0.717, 1.165) is 44.1 Å². The lowest BCUT2D eigenvalue weighted by atomic mass is 10.2. The number of nitrogens with zero attached hydrogens (tertiary/aromatic N) is 6. The SMILES string of the molecule is CCN1CCN(c2ccc(Nc3ncnc(Oc4ccc5[nH]c(C)cc5c4F)c3C#N)nc2)CC1. The van der Waals surface area contributed by atoms with Crippen LogP contribution in [0.4, 0.5) is 21.7 Å². The van der Waals surface area contributed by atoms with E-state index in [1.807, 2.05) is 19.1 Å². The van der Waals surface area contributed by atoms with E-state index in [0.29, 0.717) is 16.7 Å². The maximum atomic E-state index is 15.0. The summed E-state index contributed by atoms with van der Waals surface area (Å²) in [6, 6.07) is 10.8. The molecule has 0 saturated carbocycles. The predicted octanol–water partition coefficient (Wildman–Crippen LogP) is 4.35. The molecule has 5 rings (SSSR count). The highest BCUT2D eigenvalue weighted by atomic mass is 19.1. The second kappa shape index (κ2) is 9.56. The lowest BCUT2D eigenvalue weighted by molar-refractivity contribution is 0.271. The minimum absolute atomic E-state index is 0.0247. The van der Waals surface area contributed by atoms with Crippen LogP contribution in [0, 0.1) is 24.1 Å². The number of piperazine rings is 1. The number of benzene rings is 1. The van der Waals surface area contributed by atoms with Gasteiger partial charge in [0.15, 0.2) is 22.9 Å². The highest BCUT2D eigenvalue weighted by Gasteiger charge is 2.19. The highest BCUT2D eigenvalue weighted by Crippen LogP contribution is 2.33. The number of halogens is 1. The van der Waals surface area contributed by atoms with E-state index in [-0.39, 0.29) is 23.0 Å². The zero-order chi connectivity index (χ0) is 24.4.